The van der Waals surface area contributed by atoms with Gasteiger partial charge in [-0.1, -0.05) is 30.3 Å². The summed E-state index contributed by atoms with van der Waals surface area (Å²) in [6.45, 7) is 0.259. The van der Waals surface area contributed by atoms with Gasteiger partial charge in [-0.15, -0.1) is 11.3 Å². The van der Waals surface area contributed by atoms with Gasteiger partial charge in [0.15, 0.2) is 0 Å². The molecule has 2 heterocycles. The van der Waals surface area contributed by atoms with Crippen LogP contribution in [0.1, 0.15) is 16.0 Å². The lowest BCUT2D eigenvalue weighted by molar-refractivity contribution is -0.220. The van der Waals surface area contributed by atoms with Crippen LogP contribution in [0.2, 0.25) is 0 Å². The summed E-state index contributed by atoms with van der Waals surface area (Å²) in [5, 5.41) is 9.12. The van der Waals surface area contributed by atoms with Gasteiger partial charge in [0, 0.05) is 11.8 Å². The minimum Gasteiger partial charge on any atom is -0.488 e. The molecule has 32 heavy (non-hydrogen) atoms. The van der Waals surface area contributed by atoms with Crippen LogP contribution in [0, 0.1) is 0 Å². The van der Waals surface area contributed by atoms with Gasteiger partial charge in [0.25, 0.3) is 0 Å². The number of nitrogens with zero attached hydrogens (tertiary/aromatic N) is 1. The highest BCUT2D eigenvalue weighted by Gasteiger charge is 2.42. The molecular weight excluding hydrogens is 447 g/mol. The van der Waals surface area contributed by atoms with E-state index in [1.807, 2.05) is 0 Å². The highest BCUT2D eigenvalue weighted by molar-refractivity contribution is 7.15. The quantitative estimate of drug-likeness (QED) is 0.518. The first-order valence-electron chi connectivity index (χ1n) is 9.55. The van der Waals surface area contributed by atoms with Gasteiger partial charge in [-0.05, 0) is 23.8 Å². The molecule has 1 N–H and O–H groups in total. The fraction of sp³-hybridized carbons (Fsp3) is 0.273. The van der Waals surface area contributed by atoms with E-state index >= 15 is 0 Å². The van der Waals surface area contributed by atoms with E-state index in [2.05, 4.69) is 4.98 Å². The molecule has 1 aliphatic rings. The number of carboxylic acid groups (broad SMARTS) is 1. The summed E-state index contributed by atoms with van der Waals surface area (Å²) in [6.07, 6.45) is -2.96. The number of hydrogen-bond acceptors (Lipinski definition) is 6. The molecule has 0 bridgehead atoms. The molecule has 3 aromatic rings. The second-order valence-electron chi connectivity index (χ2n) is 7.16. The molecule has 1 aliphatic heterocycles. The van der Waals surface area contributed by atoms with Crippen LogP contribution in [0.15, 0.2) is 54.7 Å². The Morgan fingerprint density at radius 3 is 2.50 bits per heavy atom. The van der Waals surface area contributed by atoms with Gasteiger partial charge in [0.05, 0.1) is 23.7 Å². The maximum absolute atomic E-state index is 13.3. The number of halogens is 3. The topological polar surface area (TPSA) is 77.9 Å². The molecule has 0 aliphatic carbocycles. The summed E-state index contributed by atoms with van der Waals surface area (Å²) in [5.41, 5.74) is -0.692. The molecule has 6 nitrogen and oxygen atoms in total. The smallest absolute Gasteiger partial charge is 0.417 e. The average molecular weight is 465 g/mol. The lowest BCUT2D eigenvalue weighted by Gasteiger charge is -2.41. The molecule has 0 radical (unpaired) electrons. The highest BCUT2D eigenvalue weighted by atomic mass is 32.1. The maximum Gasteiger partial charge on any atom is 0.417 e. The van der Waals surface area contributed by atoms with Crippen molar-refractivity contribution < 1.29 is 37.3 Å². The lowest BCUT2D eigenvalue weighted by atomic mass is 9.91. The Morgan fingerprint density at radius 1 is 1.16 bits per heavy atom. The van der Waals surface area contributed by atoms with Crippen molar-refractivity contribution in [2.45, 2.75) is 18.4 Å². The van der Waals surface area contributed by atoms with Crippen molar-refractivity contribution in [2.75, 3.05) is 19.8 Å². The molecule has 1 aromatic heterocycles. The number of hydrogen-bond donors (Lipinski definition) is 1. The minimum absolute atomic E-state index is 0.0370. The molecule has 2 aromatic carbocycles. The fourth-order valence-corrected chi connectivity index (χ4v) is 4.11. The monoisotopic (exact) mass is 465 g/mol. The predicted octanol–water partition coefficient (Wildman–Crippen LogP) is 4.73. The van der Waals surface area contributed by atoms with E-state index in [9.17, 15) is 18.0 Å². The second-order valence-corrected chi connectivity index (χ2v) is 8.27. The number of aliphatic carboxylic acids is 1. The first-order valence-corrected chi connectivity index (χ1v) is 10.4. The lowest BCUT2D eigenvalue weighted by Crippen LogP contribution is -2.49. The first kappa shape index (κ1) is 22.3. The number of ether oxygens (including phenoxy) is 3. The molecule has 0 saturated carbocycles. The molecule has 1 fully saturated rings. The molecule has 0 atom stereocenters. The van der Waals surface area contributed by atoms with Gasteiger partial charge in [-0.3, -0.25) is 0 Å². The minimum atomic E-state index is -4.46. The summed E-state index contributed by atoms with van der Waals surface area (Å²) in [5.74, 6) is -0.508. The van der Waals surface area contributed by atoms with Gasteiger partial charge >= 0.3 is 12.1 Å². The molecule has 10 heteroatoms. The van der Waals surface area contributed by atoms with E-state index in [1.54, 1.807) is 30.3 Å². The first-order chi connectivity index (χ1) is 15.3. The third kappa shape index (κ3) is 4.77. The zero-order chi connectivity index (χ0) is 22.8. The Hall–Kier alpha value is -2.95. The number of thiazole rings is 1. The molecule has 4 rings (SSSR count). The Labute approximate surface area is 185 Å². The standard InChI is InChI=1S/C22H18F3NO5S/c23-22(24,25)18-4-2-1-3-17(18)20-26-9-16(32-20)10-30-15-7-5-14(6-8-15)21(12-29-13-21)31-11-19(27)28/h1-9H,10-13H2,(H,27,28). The van der Waals surface area contributed by atoms with Crippen LogP contribution in [0.3, 0.4) is 0 Å². The van der Waals surface area contributed by atoms with Crippen molar-refractivity contribution in [3.8, 4) is 16.3 Å². The maximum atomic E-state index is 13.3. The van der Waals surface area contributed by atoms with Gasteiger partial charge in [0.1, 0.15) is 29.6 Å². The van der Waals surface area contributed by atoms with Crippen molar-refractivity contribution in [3.63, 3.8) is 0 Å². The molecular formula is C22H18F3NO5S. The number of carboxylic acids is 1. The SMILES string of the molecule is O=C(O)COC1(c2ccc(OCc3cnc(-c4ccccc4C(F)(F)F)s3)cc2)COC1. The molecule has 0 amide bonds. The van der Waals surface area contributed by atoms with E-state index < -0.39 is 29.9 Å². The van der Waals surface area contributed by atoms with Crippen LogP contribution in [0.25, 0.3) is 10.6 Å². The van der Waals surface area contributed by atoms with Crippen LogP contribution in [-0.4, -0.2) is 35.9 Å². The average Bonchev–Trinajstić information content (AvgIpc) is 3.20. The Bertz CT molecular complexity index is 1090. The van der Waals surface area contributed by atoms with Crippen molar-refractivity contribution in [3.05, 3.63) is 70.7 Å². The van der Waals surface area contributed by atoms with E-state index in [0.29, 0.717) is 10.6 Å². The molecule has 1 saturated heterocycles. The summed E-state index contributed by atoms with van der Waals surface area (Å²) < 4.78 is 56.2. The van der Waals surface area contributed by atoms with Crippen LogP contribution in [0.5, 0.6) is 5.75 Å². The summed E-state index contributed by atoms with van der Waals surface area (Å²) in [6, 6.07) is 12.3. The Morgan fingerprint density at radius 2 is 1.88 bits per heavy atom. The zero-order valence-electron chi connectivity index (χ0n) is 16.6. The van der Waals surface area contributed by atoms with Crippen LogP contribution >= 0.6 is 11.3 Å². The van der Waals surface area contributed by atoms with Crippen molar-refractivity contribution in [1.82, 2.24) is 4.98 Å². The van der Waals surface area contributed by atoms with Crippen molar-refractivity contribution in [1.29, 1.82) is 0 Å². The van der Waals surface area contributed by atoms with E-state index in [4.69, 9.17) is 19.3 Å². The zero-order valence-corrected chi connectivity index (χ0v) is 17.4. The third-order valence-electron chi connectivity index (χ3n) is 4.92. The van der Waals surface area contributed by atoms with Crippen LogP contribution in [-0.2, 0) is 32.7 Å². The van der Waals surface area contributed by atoms with E-state index in [0.717, 1.165) is 23.0 Å². The van der Waals surface area contributed by atoms with Gasteiger partial charge < -0.3 is 19.3 Å². The second kappa shape index (κ2) is 8.89. The third-order valence-corrected chi connectivity index (χ3v) is 5.92. The highest BCUT2D eigenvalue weighted by Crippen LogP contribution is 2.38. The number of rotatable bonds is 8. The van der Waals surface area contributed by atoms with Crippen molar-refractivity contribution in [2.24, 2.45) is 0 Å². The predicted molar refractivity (Wildman–Crippen MR) is 109 cm³/mol. The summed E-state index contributed by atoms with van der Waals surface area (Å²) in [7, 11) is 0. The fourth-order valence-electron chi connectivity index (χ4n) is 3.25. The molecule has 168 valence electrons. The number of aromatic nitrogens is 1. The normalized spacial score (nSPS) is 15.2. The van der Waals surface area contributed by atoms with Crippen LogP contribution in [0.4, 0.5) is 13.2 Å². The van der Waals surface area contributed by atoms with E-state index in [-0.39, 0.29) is 30.4 Å². The van der Waals surface area contributed by atoms with Crippen LogP contribution < -0.4 is 4.74 Å². The molecule has 0 spiro atoms. The number of carbonyl (C=O) groups is 1. The van der Waals surface area contributed by atoms with Crippen molar-refractivity contribution >= 4 is 17.3 Å². The number of alkyl halides is 3. The van der Waals surface area contributed by atoms with Gasteiger partial charge in [-0.2, -0.15) is 13.2 Å². The summed E-state index contributed by atoms with van der Waals surface area (Å²) >= 11 is 1.14. The number of benzene rings is 2. The van der Waals surface area contributed by atoms with Gasteiger partial charge in [-0.25, -0.2) is 9.78 Å². The Kier molecular flexibility index (Phi) is 6.18. The largest absolute Gasteiger partial charge is 0.488 e. The van der Waals surface area contributed by atoms with Gasteiger partial charge in [0.2, 0.25) is 0 Å². The Balaban J connectivity index is 1.41. The van der Waals surface area contributed by atoms with E-state index in [1.165, 1.54) is 18.3 Å². The molecule has 0 unspecified atom stereocenters. The summed E-state index contributed by atoms with van der Waals surface area (Å²) in [4.78, 5) is 15.6.